The summed E-state index contributed by atoms with van der Waals surface area (Å²) in [5.41, 5.74) is 5.92. The Balaban J connectivity index is 3.38. The Kier molecular flexibility index (Phi) is 3.12. The van der Waals surface area contributed by atoms with Gasteiger partial charge in [-0.1, -0.05) is 30.1 Å². The van der Waals surface area contributed by atoms with Crippen molar-refractivity contribution in [3.63, 3.8) is 0 Å². The second kappa shape index (κ2) is 3.94. The highest BCUT2D eigenvalue weighted by Gasteiger charge is 2.13. The molecule has 1 aromatic rings. The molecule has 1 rings (SSSR count). The molecule has 1 aromatic heterocycles. The van der Waals surface area contributed by atoms with E-state index in [-0.39, 0.29) is 15.7 Å². The van der Waals surface area contributed by atoms with Gasteiger partial charge in [-0.05, 0) is 12.5 Å². The highest BCUT2D eigenvalue weighted by atomic mass is 35.5. The minimum Gasteiger partial charge on any atom is -0.365 e. The topological polar surface area (TPSA) is 56.0 Å². The maximum absolute atomic E-state index is 11.0. The predicted octanol–water partition coefficient (Wildman–Crippen LogP) is 2.05. The van der Waals surface area contributed by atoms with Crippen LogP contribution in [-0.2, 0) is 6.42 Å². The molecule has 0 unspecified atom stereocenters. The van der Waals surface area contributed by atoms with Gasteiger partial charge in [-0.15, -0.1) is 0 Å². The normalized spacial score (nSPS) is 10.1. The Morgan fingerprint density at radius 1 is 1.62 bits per heavy atom. The lowest BCUT2D eigenvalue weighted by Gasteiger charge is -2.05. The van der Waals surface area contributed by atoms with E-state index in [0.717, 1.165) is 0 Å². The molecule has 0 saturated carbocycles. The highest BCUT2D eigenvalue weighted by molar-refractivity contribution is 6.36. The first-order valence-electron chi connectivity index (χ1n) is 3.71. The zero-order chi connectivity index (χ0) is 10.0. The standard InChI is InChI=1S/C8H8Cl2N2O/c1-2-5-7(8(11)13)4(9)3-6(10)12-5/h3H,2H2,1H3,(H2,11,13). The van der Waals surface area contributed by atoms with Crippen LogP contribution >= 0.6 is 23.2 Å². The van der Waals surface area contributed by atoms with Gasteiger partial charge in [-0.25, -0.2) is 4.98 Å². The van der Waals surface area contributed by atoms with Crippen molar-refractivity contribution in [3.05, 3.63) is 27.5 Å². The summed E-state index contributed by atoms with van der Waals surface area (Å²) in [4.78, 5) is 14.9. The summed E-state index contributed by atoms with van der Waals surface area (Å²) in [5, 5.41) is 0.524. The number of primary amides is 1. The molecule has 70 valence electrons. The third-order valence-electron chi connectivity index (χ3n) is 1.60. The first-order chi connectivity index (χ1) is 6.06. The lowest BCUT2D eigenvalue weighted by Crippen LogP contribution is -2.15. The van der Waals surface area contributed by atoms with Gasteiger partial charge >= 0.3 is 0 Å². The molecule has 0 aromatic carbocycles. The van der Waals surface area contributed by atoms with Gasteiger partial charge < -0.3 is 5.73 Å². The van der Waals surface area contributed by atoms with Gasteiger partial charge in [0.1, 0.15) is 5.15 Å². The molecule has 0 aliphatic carbocycles. The molecule has 0 bridgehead atoms. The van der Waals surface area contributed by atoms with Crippen molar-refractivity contribution in [1.29, 1.82) is 0 Å². The summed E-state index contributed by atoms with van der Waals surface area (Å²) in [7, 11) is 0. The van der Waals surface area contributed by atoms with Crippen molar-refractivity contribution in [3.8, 4) is 0 Å². The Labute approximate surface area is 85.9 Å². The van der Waals surface area contributed by atoms with E-state index >= 15 is 0 Å². The third kappa shape index (κ3) is 2.11. The van der Waals surface area contributed by atoms with Gasteiger partial charge in [-0.3, -0.25) is 4.79 Å². The van der Waals surface area contributed by atoms with Crippen LogP contribution in [0.3, 0.4) is 0 Å². The SMILES string of the molecule is CCc1nc(Cl)cc(Cl)c1C(N)=O. The summed E-state index contributed by atoms with van der Waals surface area (Å²) >= 11 is 11.4. The van der Waals surface area contributed by atoms with Crippen molar-refractivity contribution in [1.82, 2.24) is 4.98 Å². The van der Waals surface area contributed by atoms with E-state index in [1.54, 1.807) is 0 Å². The Hall–Kier alpha value is -0.800. The number of rotatable bonds is 2. The van der Waals surface area contributed by atoms with Gasteiger partial charge in [0.2, 0.25) is 0 Å². The molecule has 0 spiro atoms. The average molecular weight is 219 g/mol. The molecule has 0 atom stereocenters. The van der Waals surface area contributed by atoms with Crippen molar-refractivity contribution >= 4 is 29.1 Å². The molecular weight excluding hydrogens is 211 g/mol. The maximum atomic E-state index is 11.0. The number of carbonyl (C=O) groups is 1. The number of aromatic nitrogens is 1. The highest BCUT2D eigenvalue weighted by Crippen LogP contribution is 2.22. The van der Waals surface area contributed by atoms with Crippen LogP contribution in [0.2, 0.25) is 10.2 Å². The molecular formula is C8H8Cl2N2O. The number of carbonyl (C=O) groups excluding carboxylic acids is 1. The first-order valence-corrected chi connectivity index (χ1v) is 4.46. The van der Waals surface area contributed by atoms with E-state index < -0.39 is 5.91 Å². The monoisotopic (exact) mass is 218 g/mol. The molecule has 5 heteroatoms. The third-order valence-corrected chi connectivity index (χ3v) is 2.09. The van der Waals surface area contributed by atoms with Crippen LogP contribution in [0.5, 0.6) is 0 Å². The number of nitrogens with two attached hydrogens (primary N) is 1. The van der Waals surface area contributed by atoms with Gasteiger partial charge in [-0.2, -0.15) is 0 Å². The number of hydrogen-bond donors (Lipinski definition) is 1. The molecule has 2 N–H and O–H groups in total. The number of amides is 1. The number of aryl methyl sites for hydroxylation is 1. The summed E-state index contributed by atoms with van der Waals surface area (Å²) in [6.45, 7) is 1.85. The zero-order valence-electron chi connectivity index (χ0n) is 6.97. The number of pyridine rings is 1. The van der Waals surface area contributed by atoms with Crippen LogP contribution in [0, 0.1) is 0 Å². The van der Waals surface area contributed by atoms with Crippen molar-refractivity contribution in [2.75, 3.05) is 0 Å². The van der Waals surface area contributed by atoms with Crippen LogP contribution in [0.1, 0.15) is 23.0 Å². The summed E-state index contributed by atoms with van der Waals surface area (Å²) in [6, 6.07) is 1.41. The van der Waals surface area contributed by atoms with E-state index in [2.05, 4.69) is 4.98 Å². The van der Waals surface area contributed by atoms with E-state index in [9.17, 15) is 4.79 Å². The molecule has 0 fully saturated rings. The van der Waals surface area contributed by atoms with Crippen LogP contribution in [0.15, 0.2) is 6.07 Å². The largest absolute Gasteiger partial charge is 0.365 e. The van der Waals surface area contributed by atoms with Gasteiger partial charge in [0.15, 0.2) is 0 Å². The van der Waals surface area contributed by atoms with Crippen molar-refractivity contribution < 1.29 is 4.79 Å². The van der Waals surface area contributed by atoms with Gasteiger partial charge in [0, 0.05) is 0 Å². The molecule has 0 aliphatic rings. The maximum Gasteiger partial charge on any atom is 0.252 e. The number of nitrogens with zero attached hydrogens (tertiary/aromatic N) is 1. The second-order valence-corrected chi connectivity index (χ2v) is 3.26. The minimum absolute atomic E-state index is 0.254. The van der Waals surface area contributed by atoms with Gasteiger partial charge in [0.05, 0.1) is 16.3 Å². The molecule has 3 nitrogen and oxygen atoms in total. The fourth-order valence-electron chi connectivity index (χ4n) is 1.05. The molecule has 0 radical (unpaired) electrons. The smallest absolute Gasteiger partial charge is 0.252 e. The van der Waals surface area contributed by atoms with Crippen molar-refractivity contribution in [2.24, 2.45) is 5.73 Å². The summed E-state index contributed by atoms with van der Waals surface area (Å²) in [5.74, 6) is -0.578. The van der Waals surface area contributed by atoms with Gasteiger partial charge in [0.25, 0.3) is 5.91 Å². The fourth-order valence-corrected chi connectivity index (χ4v) is 1.62. The molecule has 13 heavy (non-hydrogen) atoms. The van der Waals surface area contributed by atoms with Crippen molar-refractivity contribution in [2.45, 2.75) is 13.3 Å². The Bertz CT molecular complexity index is 352. The van der Waals surface area contributed by atoms with E-state index in [4.69, 9.17) is 28.9 Å². The quantitative estimate of drug-likeness (QED) is 0.773. The number of hydrogen-bond acceptors (Lipinski definition) is 2. The first kappa shape index (κ1) is 10.3. The lowest BCUT2D eigenvalue weighted by molar-refractivity contribution is 0.0999. The summed E-state index contributed by atoms with van der Waals surface area (Å²) in [6.07, 6.45) is 0.568. The Morgan fingerprint density at radius 2 is 2.23 bits per heavy atom. The molecule has 1 heterocycles. The Morgan fingerprint density at radius 3 is 2.69 bits per heavy atom. The second-order valence-electron chi connectivity index (χ2n) is 2.47. The summed E-state index contributed by atoms with van der Waals surface area (Å²) < 4.78 is 0. The van der Waals surface area contributed by atoms with Crippen LogP contribution in [-0.4, -0.2) is 10.9 Å². The van der Waals surface area contributed by atoms with Crippen LogP contribution in [0.25, 0.3) is 0 Å². The van der Waals surface area contributed by atoms with E-state index in [0.29, 0.717) is 12.1 Å². The molecule has 0 saturated heterocycles. The molecule has 1 amide bonds. The zero-order valence-corrected chi connectivity index (χ0v) is 8.49. The predicted molar refractivity (Wildman–Crippen MR) is 52.2 cm³/mol. The van der Waals surface area contributed by atoms with Crippen LogP contribution < -0.4 is 5.73 Å². The van der Waals surface area contributed by atoms with E-state index in [1.165, 1.54) is 6.07 Å². The average Bonchev–Trinajstić information content (AvgIpc) is 2.01. The fraction of sp³-hybridized carbons (Fsp3) is 0.250. The number of halogens is 2. The molecule has 0 aliphatic heterocycles. The van der Waals surface area contributed by atoms with Crippen LogP contribution in [0.4, 0.5) is 0 Å². The van der Waals surface area contributed by atoms with E-state index in [1.807, 2.05) is 6.92 Å². The minimum atomic E-state index is -0.578. The lowest BCUT2D eigenvalue weighted by atomic mass is 10.1.